The van der Waals surface area contributed by atoms with Gasteiger partial charge in [0, 0.05) is 5.02 Å². The monoisotopic (exact) mass is 299 g/mol. The molecule has 2 aromatic rings. The Morgan fingerprint density at radius 3 is 2.10 bits per heavy atom. The highest BCUT2D eigenvalue weighted by Crippen LogP contribution is 2.31. The third-order valence-corrected chi connectivity index (χ3v) is 3.24. The van der Waals surface area contributed by atoms with Gasteiger partial charge in [0.15, 0.2) is 0 Å². The Morgan fingerprint density at radius 2 is 1.60 bits per heavy atom. The Hall–Kier alpha value is -1.52. The number of nitrogens with two attached hydrogens (primary N) is 1. The number of rotatable bonds is 2. The van der Waals surface area contributed by atoms with Crippen LogP contribution in [0.25, 0.3) is 0 Å². The van der Waals surface area contributed by atoms with Crippen LogP contribution in [-0.4, -0.2) is 0 Å². The van der Waals surface area contributed by atoms with Gasteiger partial charge in [0.25, 0.3) is 0 Å². The summed E-state index contributed by atoms with van der Waals surface area (Å²) in [4.78, 5) is 0. The van der Waals surface area contributed by atoms with Crippen molar-refractivity contribution in [2.45, 2.75) is 19.1 Å². The van der Waals surface area contributed by atoms with E-state index in [9.17, 15) is 13.2 Å². The van der Waals surface area contributed by atoms with Crippen molar-refractivity contribution in [2.24, 2.45) is 5.73 Å². The molecule has 106 valence electrons. The van der Waals surface area contributed by atoms with E-state index >= 15 is 0 Å². The fraction of sp³-hybridized carbons (Fsp3) is 0.200. The van der Waals surface area contributed by atoms with E-state index in [1.54, 1.807) is 12.1 Å². The molecule has 1 atom stereocenters. The molecule has 0 heterocycles. The molecule has 0 fully saturated rings. The van der Waals surface area contributed by atoms with Gasteiger partial charge < -0.3 is 5.73 Å². The zero-order valence-electron chi connectivity index (χ0n) is 10.7. The van der Waals surface area contributed by atoms with E-state index in [-0.39, 0.29) is 0 Å². The van der Waals surface area contributed by atoms with Gasteiger partial charge in [-0.2, -0.15) is 13.2 Å². The fourth-order valence-electron chi connectivity index (χ4n) is 2.02. The van der Waals surface area contributed by atoms with Crippen LogP contribution in [0.1, 0.15) is 28.3 Å². The van der Waals surface area contributed by atoms with Crippen LogP contribution < -0.4 is 5.73 Å². The largest absolute Gasteiger partial charge is 0.416 e. The molecular formula is C15H13ClF3N. The molecule has 2 N–H and O–H groups in total. The molecule has 0 aliphatic rings. The molecule has 2 aromatic carbocycles. The molecule has 0 bridgehead atoms. The lowest BCUT2D eigenvalue weighted by atomic mass is 9.97. The maximum atomic E-state index is 12.5. The molecular weight excluding hydrogens is 287 g/mol. The number of alkyl halides is 3. The zero-order chi connectivity index (χ0) is 14.9. The average Bonchev–Trinajstić information content (AvgIpc) is 2.36. The normalized spacial score (nSPS) is 13.3. The number of aryl methyl sites for hydroxylation is 1. The highest BCUT2D eigenvalue weighted by atomic mass is 35.5. The van der Waals surface area contributed by atoms with Crippen LogP contribution in [0.3, 0.4) is 0 Å². The molecule has 0 saturated carbocycles. The van der Waals surface area contributed by atoms with Crippen molar-refractivity contribution in [3.63, 3.8) is 0 Å². The Bertz CT molecular complexity index is 585. The Balaban J connectivity index is 2.31. The first-order valence-electron chi connectivity index (χ1n) is 5.97. The quantitative estimate of drug-likeness (QED) is 0.853. The highest BCUT2D eigenvalue weighted by molar-refractivity contribution is 6.30. The second-order valence-electron chi connectivity index (χ2n) is 4.66. The van der Waals surface area contributed by atoms with E-state index in [2.05, 4.69) is 0 Å². The first-order valence-corrected chi connectivity index (χ1v) is 6.35. The average molecular weight is 300 g/mol. The van der Waals surface area contributed by atoms with Gasteiger partial charge in [0.2, 0.25) is 0 Å². The minimum absolute atomic E-state index is 0.505. The lowest BCUT2D eigenvalue weighted by Gasteiger charge is -2.15. The van der Waals surface area contributed by atoms with E-state index in [0.29, 0.717) is 10.6 Å². The molecule has 0 spiro atoms. The van der Waals surface area contributed by atoms with Gasteiger partial charge in [-0.05, 0) is 47.9 Å². The molecule has 20 heavy (non-hydrogen) atoms. The van der Waals surface area contributed by atoms with Crippen LogP contribution >= 0.6 is 11.6 Å². The third-order valence-electron chi connectivity index (χ3n) is 3.02. The summed E-state index contributed by atoms with van der Waals surface area (Å²) >= 11 is 5.96. The van der Waals surface area contributed by atoms with Crippen molar-refractivity contribution < 1.29 is 13.2 Å². The molecule has 0 aromatic heterocycles. The second-order valence-corrected chi connectivity index (χ2v) is 5.10. The lowest BCUT2D eigenvalue weighted by molar-refractivity contribution is -0.137. The van der Waals surface area contributed by atoms with Crippen LogP contribution in [-0.2, 0) is 6.18 Å². The third kappa shape index (κ3) is 3.32. The number of benzene rings is 2. The van der Waals surface area contributed by atoms with Crippen molar-refractivity contribution in [1.82, 2.24) is 0 Å². The summed E-state index contributed by atoms with van der Waals surface area (Å²) in [5.41, 5.74) is 7.73. The van der Waals surface area contributed by atoms with E-state index < -0.39 is 17.8 Å². The van der Waals surface area contributed by atoms with Crippen LogP contribution in [0.5, 0.6) is 0 Å². The predicted octanol–water partition coefficient (Wildman–Crippen LogP) is 4.72. The summed E-state index contributed by atoms with van der Waals surface area (Å²) in [6.07, 6.45) is -4.34. The van der Waals surface area contributed by atoms with Gasteiger partial charge in [0.1, 0.15) is 0 Å². The van der Waals surface area contributed by atoms with Crippen molar-refractivity contribution in [3.8, 4) is 0 Å². The highest BCUT2D eigenvalue weighted by Gasteiger charge is 2.30. The molecule has 0 radical (unpaired) electrons. The fourth-order valence-corrected chi connectivity index (χ4v) is 2.31. The summed E-state index contributed by atoms with van der Waals surface area (Å²) in [5, 5.41) is 0.558. The molecule has 0 amide bonds. The van der Waals surface area contributed by atoms with E-state index in [1.807, 2.05) is 13.0 Å². The van der Waals surface area contributed by atoms with Crippen LogP contribution in [0.4, 0.5) is 13.2 Å². The molecule has 1 nitrogen and oxygen atoms in total. The molecule has 0 aliphatic heterocycles. The predicted molar refractivity (Wildman–Crippen MR) is 73.7 cm³/mol. The van der Waals surface area contributed by atoms with Crippen LogP contribution in [0.2, 0.25) is 5.02 Å². The number of hydrogen-bond acceptors (Lipinski definition) is 1. The topological polar surface area (TPSA) is 26.0 Å². The SMILES string of the molecule is Cc1cc(Cl)cc(C(N)c2ccc(C(F)(F)F)cc2)c1. The van der Waals surface area contributed by atoms with Crippen molar-refractivity contribution in [2.75, 3.05) is 0 Å². The molecule has 0 aliphatic carbocycles. The van der Waals surface area contributed by atoms with Gasteiger partial charge in [-0.25, -0.2) is 0 Å². The summed E-state index contributed by atoms with van der Waals surface area (Å²) in [5.74, 6) is 0. The molecule has 1 unspecified atom stereocenters. The first-order chi connectivity index (χ1) is 9.27. The second kappa shape index (κ2) is 5.46. The smallest absolute Gasteiger partial charge is 0.320 e. The molecule has 5 heteroatoms. The lowest BCUT2D eigenvalue weighted by Crippen LogP contribution is -2.13. The van der Waals surface area contributed by atoms with Crippen LogP contribution in [0, 0.1) is 6.92 Å². The van der Waals surface area contributed by atoms with E-state index in [1.165, 1.54) is 12.1 Å². The van der Waals surface area contributed by atoms with E-state index in [0.717, 1.165) is 23.3 Å². The minimum atomic E-state index is -4.34. The Labute approximate surface area is 120 Å². The van der Waals surface area contributed by atoms with Crippen molar-refractivity contribution in [1.29, 1.82) is 0 Å². The first kappa shape index (κ1) is 14.9. The Kier molecular flexibility index (Phi) is 4.06. The minimum Gasteiger partial charge on any atom is -0.320 e. The van der Waals surface area contributed by atoms with Crippen molar-refractivity contribution in [3.05, 3.63) is 69.7 Å². The summed E-state index contributed by atoms with van der Waals surface area (Å²) in [7, 11) is 0. The van der Waals surface area contributed by atoms with Crippen LogP contribution in [0.15, 0.2) is 42.5 Å². The maximum absolute atomic E-state index is 12.5. The summed E-state index contributed by atoms with van der Waals surface area (Å²) < 4.78 is 37.5. The summed E-state index contributed by atoms with van der Waals surface area (Å²) in [6.45, 7) is 1.88. The zero-order valence-corrected chi connectivity index (χ0v) is 11.5. The maximum Gasteiger partial charge on any atom is 0.416 e. The van der Waals surface area contributed by atoms with Gasteiger partial charge >= 0.3 is 6.18 Å². The number of hydrogen-bond donors (Lipinski definition) is 1. The molecule has 0 saturated heterocycles. The van der Waals surface area contributed by atoms with Gasteiger partial charge in [0.05, 0.1) is 11.6 Å². The van der Waals surface area contributed by atoms with E-state index in [4.69, 9.17) is 17.3 Å². The molecule has 2 rings (SSSR count). The van der Waals surface area contributed by atoms with Gasteiger partial charge in [-0.15, -0.1) is 0 Å². The standard InChI is InChI=1S/C15H13ClF3N/c1-9-6-11(8-13(16)7-9)14(20)10-2-4-12(5-3-10)15(17,18)19/h2-8,14H,20H2,1H3. The van der Waals surface area contributed by atoms with Crippen molar-refractivity contribution >= 4 is 11.6 Å². The number of halogens is 4. The van der Waals surface area contributed by atoms with Gasteiger partial charge in [-0.3, -0.25) is 0 Å². The van der Waals surface area contributed by atoms with Gasteiger partial charge in [-0.1, -0.05) is 29.8 Å². The summed E-state index contributed by atoms with van der Waals surface area (Å²) in [6, 6.07) is 9.73. The Morgan fingerprint density at radius 1 is 1.00 bits per heavy atom.